The number of hydrogen-bond donors (Lipinski definition) is 1. The fourth-order valence-corrected chi connectivity index (χ4v) is 1.72. The summed E-state index contributed by atoms with van der Waals surface area (Å²) in [6.07, 6.45) is -3.66. The summed E-state index contributed by atoms with van der Waals surface area (Å²) in [5.74, 6) is -0.901. The first-order valence-corrected chi connectivity index (χ1v) is 4.43. The van der Waals surface area contributed by atoms with Crippen molar-refractivity contribution in [2.24, 2.45) is 5.73 Å². The highest BCUT2D eigenvalue weighted by molar-refractivity contribution is 14.1. The first kappa shape index (κ1) is 11.2. The molecule has 2 N–H and O–H groups in total. The van der Waals surface area contributed by atoms with Crippen molar-refractivity contribution in [1.29, 1.82) is 0 Å². The number of alkyl halides is 3. The zero-order valence-corrected chi connectivity index (χ0v) is 8.76. The average Bonchev–Trinajstić information content (AvgIpc) is 2.01. The quantitative estimate of drug-likeness (QED) is 0.803. The summed E-state index contributed by atoms with van der Waals surface area (Å²) in [5.41, 5.74) is 3.63. The predicted octanol–water partition coefficient (Wildman–Crippen LogP) is 1.80. The van der Waals surface area contributed by atoms with Crippen LogP contribution in [0, 0.1) is 3.57 Å². The SMILES string of the molecule is NC(=O)c1ccnc(C(F)(F)F)c1I. The Kier molecular flexibility index (Phi) is 2.98. The van der Waals surface area contributed by atoms with Crippen molar-refractivity contribution in [2.75, 3.05) is 0 Å². The molecule has 0 unspecified atom stereocenters. The second-order valence-corrected chi connectivity index (χ2v) is 3.46. The van der Waals surface area contributed by atoms with Crippen LogP contribution in [0.5, 0.6) is 0 Å². The second-order valence-electron chi connectivity index (χ2n) is 2.38. The van der Waals surface area contributed by atoms with Crippen molar-refractivity contribution in [3.05, 3.63) is 27.1 Å². The molecule has 0 saturated heterocycles. The molecule has 1 aromatic rings. The van der Waals surface area contributed by atoms with Gasteiger partial charge in [0.15, 0.2) is 5.69 Å². The molecule has 14 heavy (non-hydrogen) atoms. The van der Waals surface area contributed by atoms with E-state index in [1.54, 1.807) is 0 Å². The highest BCUT2D eigenvalue weighted by Gasteiger charge is 2.36. The Hall–Kier alpha value is -0.860. The summed E-state index contributed by atoms with van der Waals surface area (Å²) in [7, 11) is 0. The molecular formula is C7H4F3IN2O. The van der Waals surface area contributed by atoms with Gasteiger partial charge in [-0.15, -0.1) is 0 Å². The van der Waals surface area contributed by atoms with Crippen LogP contribution in [0.3, 0.4) is 0 Å². The monoisotopic (exact) mass is 316 g/mol. The average molecular weight is 316 g/mol. The number of aromatic nitrogens is 1. The van der Waals surface area contributed by atoms with E-state index < -0.39 is 17.8 Å². The van der Waals surface area contributed by atoms with Crippen LogP contribution >= 0.6 is 22.6 Å². The van der Waals surface area contributed by atoms with Crippen LogP contribution in [-0.2, 0) is 6.18 Å². The Morgan fingerprint density at radius 3 is 2.50 bits per heavy atom. The molecule has 76 valence electrons. The molecule has 0 spiro atoms. The molecule has 1 amide bonds. The van der Waals surface area contributed by atoms with Gasteiger partial charge in [0.1, 0.15) is 0 Å². The topological polar surface area (TPSA) is 56.0 Å². The standard InChI is InChI=1S/C7H4F3IN2O/c8-7(9,10)5-4(11)3(6(12)14)1-2-13-5/h1-2H,(H2,12,14). The number of halogens is 4. The molecule has 0 atom stereocenters. The van der Waals surface area contributed by atoms with Gasteiger partial charge in [0.2, 0.25) is 5.91 Å². The molecule has 0 aliphatic rings. The predicted molar refractivity (Wildman–Crippen MR) is 50.5 cm³/mol. The van der Waals surface area contributed by atoms with Crippen LogP contribution in [-0.4, -0.2) is 10.9 Å². The van der Waals surface area contributed by atoms with E-state index >= 15 is 0 Å². The van der Waals surface area contributed by atoms with Gasteiger partial charge in [0.05, 0.1) is 9.13 Å². The summed E-state index contributed by atoms with van der Waals surface area (Å²) in [4.78, 5) is 13.9. The van der Waals surface area contributed by atoms with Crippen molar-refractivity contribution in [1.82, 2.24) is 4.98 Å². The van der Waals surface area contributed by atoms with Gasteiger partial charge >= 0.3 is 6.18 Å². The highest BCUT2D eigenvalue weighted by atomic mass is 127. The van der Waals surface area contributed by atoms with Crippen molar-refractivity contribution < 1.29 is 18.0 Å². The summed E-state index contributed by atoms with van der Waals surface area (Å²) in [6.45, 7) is 0. The Balaban J connectivity index is 3.35. The third-order valence-electron chi connectivity index (χ3n) is 1.42. The first-order chi connectivity index (χ1) is 6.34. The third-order valence-corrected chi connectivity index (χ3v) is 2.52. The van der Waals surface area contributed by atoms with Crippen molar-refractivity contribution in [3.63, 3.8) is 0 Å². The molecule has 0 radical (unpaired) electrons. The molecule has 0 fully saturated rings. The summed E-state index contributed by atoms with van der Waals surface area (Å²) < 4.78 is 36.5. The maximum atomic E-state index is 12.3. The minimum atomic E-state index is -4.57. The van der Waals surface area contributed by atoms with E-state index in [1.165, 1.54) is 22.6 Å². The van der Waals surface area contributed by atoms with Gasteiger partial charge in [-0.1, -0.05) is 0 Å². The molecule has 1 heterocycles. The van der Waals surface area contributed by atoms with Crippen molar-refractivity contribution >= 4 is 28.5 Å². The fourth-order valence-electron chi connectivity index (χ4n) is 0.832. The second kappa shape index (κ2) is 3.71. The number of carbonyl (C=O) groups excluding carboxylic acids is 1. The van der Waals surface area contributed by atoms with Gasteiger partial charge < -0.3 is 5.73 Å². The molecule has 3 nitrogen and oxygen atoms in total. The number of carbonyl (C=O) groups is 1. The molecule has 1 rings (SSSR count). The fraction of sp³-hybridized carbons (Fsp3) is 0.143. The van der Waals surface area contributed by atoms with E-state index in [2.05, 4.69) is 4.98 Å². The van der Waals surface area contributed by atoms with Crippen LogP contribution in [0.4, 0.5) is 13.2 Å². The maximum absolute atomic E-state index is 12.3. The number of hydrogen-bond acceptors (Lipinski definition) is 2. The number of rotatable bonds is 1. The Bertz CT molecular complexity index is 378. The summed E-state index contributed by atoms with van der Waals surface area (Å²) >= 11 is 1.40. The smallest absolute Gasteiger partial charge is 0.366 e. The lowest BCUT2D eigenvalue weighted by Gasteiger charge is -2.09. The zero-order valence-electron chi connectivity index (χ0n) is 6.60. The molecule has 0 bridgehead atoms. The molecule has 0 aliphatic heterocycles. The van der Waals surface area contributed by atoms with E-state index in [0.717, 1.165) is 12.3 Å². The molecule has 0 aromatic carbocycles. The van der Waals surface area contributed by atoms with Crippen molar-refractivity contribution in [2.45, 2.75) is 6.18 Å². The molecule has 7 heteroatoms. The lowest BCUT2D eigenvalue weighted by Crippen LogP contribution is -2.18. The molecular weight excluding hydrogens is 312 g/mol. The Morgan fingerprint density at radius 2 is 2.07 bits per heavy atom. The first-order valence-electron chi connectivity index (χ1n) is 3.35. The van der Waals surface area contributed by atoms with Gasteiger partial charge in [-0.2, -0.15) is 13.2 Å². The van der Waals surface area contributed by atoms with Crippen LogP contribution in [0.25, 0.3) is 0 Å². The third kappa shape index (κ3) is 2.14. The lowest BCUT2D eigenvalue weighted by molar-refractivity contribution is -0.141. The van der Waals surface area contributed by atoms with Gasteiger partial charge in [-0.05, 0) is 28.7 Å². The van der Waals surface area contributed by atoms with E-state index in [1.807, 2.05) is 0 Å². The Labute approximate surface area is 90.6 Å². The minimum absolute atomic E-state index is 0.173. The summed E-state index contributed by atoms with van der Waals surface area (Å²) in [5, 5.41) is 0. The summed E-state index contributed by atoms with van der Waals surface area (Å²) in [6, 6.07) is 1.15. The maximum Gasteiger partial charge on any atom is 0.434 e. The van der Waals surface area contributed by atoms with E-state index in [0.29, 0.717) is 0 Å². The largest absolute Gasteiger partial charge is 0.434 e. The number of primary amides is 1. The molecule has 1 aromatic heterocycles. The highest BCUT2D eigenvalue weighted by Crippen LogP contribution is 2.32. The number of nitrogens with zero attached hydrogens (tertiary/aromatic N) is 1. The van der Waals surface area contributed by atoms with Gasteiger partial charge in [0.25, 0.3) is 0 Å². The number of pyridine rings is 1. The van der Waals surface area contributed by atoms with Gasteiger partial charge in [-0.25, -0.2) is 0 Å². The van der Waals surface area contributed by atoms with E-state index in [-0.39, 0.29) is 9.13 Å². The van der Waals surface area contributed by atoms with Crippen LogP contribution in [0.15, 0.2) is 12.3 Å². The van der Waals surface area contributed by atoms with E-state index in [4.69, 9.17) is 5.73 Å². The lowest BCUT2D eigenvalue weighted by atomic mass is 10.2. The van der Waals surface area contributed by atoms with E-state index in [9.17, 15) is 18.0 Å². The zero-order chi connectivity index (χ0) is 10.9. The number of nitrogens with two attached hydrogens (primary N) is 1. The normalized spacial score (nSPS) is 11.4. The Morgan fingerprint density at radius 1 is 1.50 bits per heavy atom. The van der Waals surface area contributed by atoms with Crippen LogP contribution in [0.2, 0.25) is 0 Å². The van der Waals surface area contributed by atoms with Crippen molar-refractivity contribution in [3.8, 4) is 0 Å². The van der Waals surface area contributed by atoms with Gasteiger partial charge in [-0.3, -0.25) is 9.78 Å². The van der Waals surface area contributed by atoms with Gasteiger partial charge in [0, 0.05) is 6.20 Å². The van der Waals surface area contributed by atoms with Crippen LogP contribution < -0.4 is 5.73 Å². The molecule has 0 saturated carbocycles. The minimum Gasteiger partial charge on any atom is -0.366 e. The van der Waals surface area contributed by atoms with Crippen LogP contribution in [0.1, 0.15) is 16.1 Å². The number of amides is 1. The molecule has 0 aliphatic carbocycles.